The average Bonchev–Trinajstić information content (AvgIpc) is 4.07. The molecule has 3 aromatic heterocycles. The summed E-state index contributed by atoms with van der Waals surface area (Å²) in [6.45, 7) is 10.8. The van der Waals surface area contributed by atoms with Gasteiger partial charge >= 0.3 is 12.2 Å². The molecular weight excluding hydrogens is 739 g/mol. The van der Waals surface area contributed by atoms with Crippen molar-refractivity contribution in [2.24, 2.45) is 11.8 Å². The Morgan fingerprint density at radius 2 is 1.41 bits per heavy atom. The van der Waals surface area contributed by atoms with Crippen LogP contribution in [0.25, 0.3) is 44.5 Å². The molecule has 2 aliphatic heterocycles. The number of aromatic amines is 3. The molecule has 58 heavy (non-hydrogen) atoms. The van der Waals surface area contributed by atoms with Crippen molar-refractivity contribution in [1.82, 2.24) is 45.4 Å². The van der Waals surface area contributed by atoms with Crippen molar-refractivity contribution < 1.29 is 28.7 Å². The van der Waals surface area contributed by atoms with Gasteiger partial charge in [0.25, 0.3) is 0 Å². The molecule has 5 aromatic rings. The number of ether oxygens (including phenoxy) is 2. The van der Waals surface area contributed by atoms with Crippen LogP contribution in [0.2, 0.25) is 0 Å². The number of alkyl carbamates (subject to hydrolysis) is 2. The van der Waals surface area contributed by atoms with Gasteiger partial charge in [0.05, 0.1) is 55.1 Å². The molecule has 2 fully saturated rings. The molecule has 4 unspecified atom stereocenters. The van der Waals surface area contributed by atoms with Gasteiger partial charge in [-0.15, -0.1) is 0 Å². The van der Waals surface area contributed by atoms with E-state index in [2.05, 4.69) is 68.1 Å². The smallest absolute Gasteiger partial charge is 0.407 e. The molecule has 0 radical (unpaired) electrons. The predicted molar refractivity (Wildman–Crippen MR) is 219 cm³/mol. The molecule has 306 valence electrons. The Balaban J connectivity index is 1.09. The van der Waals surface area contributed by atoms with Gasteiger partial charge < -0.3 is 44.9 Å². The minimum atomic E-state index is -0.724. The minimum absolute atomic E-state index is 0.112. The molecule has 5 N–H and O–H groups in total. The van der Waals surface area contributed by atoms with E-state index in [-0.39, 0.29) is 29.7 Å². The van der Waals surface area contributed by atoms with Crippen LogP contribution >= 0.6 is 0 Å². The SMILES string of the molecule is COC(=O)NC(C(=O)N1CCCC1c1ncc(-c2ccc(-c3ccc(-c4cnc(C5(C)CCCN5C(=O)C(NC(=O)OC)C(C)C)[nH]4)c4[nH]ccc34)cc2)[nH]1)C(C)C. The summed E-state index contributed by atoms with van der Waals surface area (Å²) in [5.74, 6) is 0.859. The van der Waals surface area contributed by atoms with Crippen LogP contribution in [0.3, 0.4) is 0 Å². The van der Waals surface area contributed by atoms with Gasteiger partial charge in [0.15, 0.2) is 0 Å². The number of amides is 4. The van der Waals surface area contributed by atoms with Crippen molar-refractivity contribution in [3.05, 3.63) is 72.7 Å². The summed E-state index contributed by atoms with van der Waals surface area (Å²) < 4.78 is 9.57. The van der Waals surface area contributed by atoms with E-state index in [1.165, 1.54) is 14.2 Å². The summed E-state index contributed by atoms with van der Waals surface area (Å²) in [4.78, 5) is 75.1. The lowest BCUT2D eigenvalue weighted by Gasteiger charge is -2.37. The number of carbonyl (C=O) groups is 4. The van der Waals surface area contributed by atoms with Gasteiger partial charge in [-0.3, -0.25) is 9.59 Å². The Labute approximate surface area is 337 Å². The number of fused-ring (bicyclic) bond motifs is 1. The van der Waals surface area contributed by atoms with Crippen molar-refractivity contribution in [1.29, 1.82) is 0 Å². The topological polar surface area (TPSA) is 190 Å². The second kappa shape index (κ2) is 16.4. The van der Waals surface area contributed by atoms with Gasteiger partial charge in [0.1, 0.15) is 23.7 Å². The zero-order valence-corrected chi connectivity index (χ0v) is 34.1. The summed E-state index contributed by atoms with van der Waals surface area (Å²) >= 11 is 0. The molecule has 5 heterocycles. The predicted octanol–water partition coefficient (Wildman–Crippen LogP) is 6.88. The van der Waals surface area contributed by atoms with E-state index in [0.717, 1.165) is 70.2 Å². The minimum Gasteiger partial charge on any atom is -0.453 e. The molecule has 7 rings (SSSR count). The van der Waals surface area contributed by atoms with Crippen molar-refractivity contribution in [2.45, 2.75) is 84.0 Å². The first-order valence-corrected chi connectivity index (χ1v) is 20.0. The molecule has 4 amide bonds. The number of rotatable bonds is 11. The lowest BCUT2D eigenvalue weighted by Crippen LogP contribution is -2.55. The standard InChI is InChI=1S/C43H53N9O6/c1-24(2)34(49-41(55)57-6)38(53)51-20-8-10-33(51)37-45-22-31(47-37)27-13-11-26(12-14-27)28-15-16-30(36-29(28)17-19-44-36)32-23-46-40(48-32)43(5)18-9-21-52(43)39(54)35(25(3)4)50-42(56)58-7/h11-17,19,22-25,33-35,44H,8-10,18,20-21H2,1-7H3,(H,45,47)(H,46,48)(H,49,55)(H,50,56). The van der Waals surface area contributed by atoms with E-state index in [1.54, 1.807) is 6.20 Å². The van der Waals surface area contributed by atoms with Gasteiger partial charge in [0, 0.05) is 30.2 Å². The van der Waals surface area contributed by atoms with E-state index in [4.69, 9.17) is 19.4 Å². The highest BCUT2D eigenvalue weighted by Gasteiger charge is 2.46. The second-order valence-corrected chi connectivity index (χ2v) is 16.1. The van der Waals surface area contributed by atoms with Crippen molar-refractivity contribution in [3.8, 4) is 33.6 Å². The fourth-order valence-corrected chi connectivity index (χ4v) is 8.47. The Morgan fingerprint density at radius 3 is 2.09 bits per heavy atom. The molecule has 0 spiro atoms. The zero-order chi connectivity index (χ0) is 41.3. The number of methoxy groups -OCH3 is 2. The molecular formula is C43H53N9O6. The molecule has 2 aliphatic rings. The van der Waals surface area contributed by atoms with Crippen molar-refractivity contribution >= 4 is 34.9 Å². The fraction of sp³-hybridized carbons (Fsp3) is 0.442. The van der Waals surface area contributed by atoms with E-state index < -0.39 is 29.8 Å². The first-order valence-electron chi connectivity index (χ1n) is 20.0. The van der Waals surface area contributed by atoms with Crippen LogP contribution in [0.15, 0.2) is 61.1 Å². The summed E-state index contributed by atoms with van der Waals surface area (Å²) in [5.41, 5.74) is 5.98. The Hall–Kier alpha value is -6.12. The number of H-pyrrole nitrogens is 3. The highest BCUT2D eigenvalue weighted by Crippen LogP contribution is 2.41. The normalized spacial score (nSPS) is 19.2. The maximum atomic E-state index is 13.9. The number of nitrogens with zero attached hydrogens (tertiary/aromatic N) is 4. The highest BCUT2D eigenvalue weighted by molar-refractivity contribution is 6.02. The van der Waals surface area contributed by atoms with Crippen LogP contribution in [0, 0.1) is 11.8 Å². The quantitative estimate of drug-likeness (QED) is 0.0957. The molecule has 2 saturated heterocycles. The number of carbonyl (C=O) groups excluding carboxylic acids is 4. The van der Waals surface area contributed by atoms with E-state index in [1.807, 2.05) is 56.8 Å². The molecule has 0 bridgehead atoms. The third-order valence-corrected chi connectivity index (χ3v) is 11.7. The van der Waals surface area contributed by atoms with Gasteiger partial charge in [-0.05, 0) is 67.2 Å². The fourth-order valence-electron chi connectivity index (χ4n) is 8.47. The van der Waals surface area contributed by atoms with E-state index >= 15 is 0 Å². The van der Waals surface area contributed by atoms with Crippen LogP contribution in [0.4, 0.5) is 9.59 Å². The maximum Gasteiger partial charge on any atom is 0.407 e. The number of nitrogens with one attached hydrogen (secondary N) is 5. The third kappa shape index (κ3) is 7.52. The molecule has 0 aliphatic carbocycles. The first kappa shape index (κ1) is 40.1. The van der Waals surface area contributed by atoms with Gasteiger partial charge in [0.2, 0.25) is 11.8 Å². The van der Waals surface area contributed by atoms with Gasteiger partial charge in [-0.1, -0.05) is 64.1 Å². The van der Waals surface area contributed by atoms with Crippen LogP contribution in [0.5, 0.6) is 0 Å². The van der Waals surface area contributed by atoms with Gasteiger partial charge in [-0.2, -0.15) is 0 Å². The van der Waals surface area contributed by atoms with Crippen molar-refractivity contribution in [2.75, 3.05) is 27.3 Å². The van der Waals surface area contributed by atoms with Crippen LogP contribution in [-0.4, -0.2) is 98.1 Å². The van der Waals surface area contributed by atoms with Crippen LogP contribution < -0.4 is 10.6 Å². The average molecular weight is 792 g/mol. The van der Waals surface area contributed by atoms with E-state index in [0.29, 0.717) is 24.7 Å². The van der Waals surface area contributed by atoms with Crippen LogP contribution in [0.1, 0.15) is 78.0 Å². The molecule has 0 saturated carbocycles. The lowest BCUT2D eigenvalue weighted by atomic mass is 9.95. The third-order valence-electron chi connectivity index (χ3n) is 11.7. The van der Waals surface area contributed by atoms with E-state index in [9.17, 15) is 19.2 Å². The summed E-state index contributed by atoms with van der Waals surface area (Å²) in [6.07, 6.45) is 7.45. The molecule has 2 aromatic carbocycles. The highest BCUT2D eigenvalue weighted by atomic mass is 16.5. The molecule has 15 heteroatoms. The number of imidazole rings is 2. The van der Waals surface area contributed by atoms with Crippen LogP contribution in [-0.2, 0) is 24.6 Å². The second-order valence-electron chi connectivity index (χ2n) is 16.1. The largest absolute Gasteiger partial charge is 0.453 e. The number of hydrogen-bond donors (Lipinski definition) is 5. The number of likely N-dealkylation sites (tertiary alicyclic amines) is 2. The molecule has 4 atom stereocenters. The Bertz CT molecular complexity index is 2290. The van der Waals surface area contributed by atoms with Gasteiger partial charge in [-0.25, -0.2) is 19.6 Å². The number of aromatic nitrogens is 5. The lowest BCUT2D eigenvalue weighted by molar-refractivity contribution is -0.138. The van der Waals surface area contributed by atoms with Crippen molar-refractivity contribution in [3.63, 3.8) is 0 Å². The Morgan fingerprint density at radius 1 is 0.776 bits per heavy atom. The maximum absolute atomic E-state index is 13.9. The first-order chi connectivity index (χ1) is 27.8. The summed E-state index contributed by atoms with van der Waals surface area (Å²) in [7, 11) is 2.58. The monoisotopic (exact) mass is 791 g/mol. The number of benzene rings is 2. The number of hydrogen-bond acceptors (Lipinski definition) is 8. The summed E-state index contributed by atoms with van der Waals surface area (Å²) in [6, 6.07) is 12.9. The molecule has 15 nitrogen and oxygen atoms in total. The Kier molecular flexibility index (Phi) is 11.3. The summed E-state index contributed by atoms with van der Waals surface area (Å²) in [5, 5.41) is 6.47. The zero-order valence-electron chi connectivity index (χ0n) is 34.1.